The predicted octanol–water partition coefficient (Wildman–Crippen LogP) is 1.71. The summed E-state index contributed by atoms with van der Waals surface area (Å²) in [6, 6.07) is 9.93. The van der Waals surface area contributed by atoms with E-state index in [-0.39, 0.29) is 11.5 Å². The average Bonchev–Trinajstić information content (AvgIpc) is 3.50. The maximum atomic E-state index is 13.1. The first-order valence-corrected chi connectivity index (χ1v) is 12.2. The molecule has 2 aromatic heterocycles. The number of benzene rings is 1. The SMILES string of the molecule is Cn1c(=O)c2c(nc(N3CCN(C(=O)CC4CCCC4)CC3)n2Cc2ccccc2)n(C)c1=O. The van der Waals surface area contributed by atoms with Gasteiger partial charge in [0.2, 0.25) is 11.9 Å². The molecule has 5 rings (SSSR count). The van der Waals surface area contributed by atoms with Crippen LogP contribution in [0.3, 0.4) is 0 Å². The standard InChI is InChI=1S/C25H32N6O3/c1-27-22-21(23(33)28(2)25(27)34)31(17-19-10-4-3-5-11-19)24(26-22)30-14-12-29(13-15-30)20(32)16-18-8-6-7-9-18/h3-5,10-11,18H,6-9,12-17H2,1-2H3. The van der Waals surface area contributed by atoms with Gasteiger partial charge in [0.25, 0.3) is 5.56 Å². The van der Waals surface area contributed by atoms with Gasteiger partial charge in [0, 0.05) is 46.7 Å². The largest absolute Gasteiger partial charge is 0.339 e. The number of hydrogen-bond acceptors (Lipinski definition) is 5. The molecule has 9 nitrogen and oxygen atoms in total. The molecule has 1 saturated heterocycles. The van der Waals surface area contributed by atoms with Gasteiger partial charge in [-0.1, -0.05) is 43.2 Å². The molecule has 1 aliphatic carbocycles. The number of imidazole rings is 1. The van der Waals surface area contributed by atoms with Crippen molar-refractivity contribution < 1.29 is 4.79 Å². The third-order valence-corrected chi connectivity index (χ3v) is 7.36. The number of aryl methyl sites for hydroxylation is 1. The lowest BCUT2D eigenvalue weighted by molar-refractivity contribution is -0.132. The maximum Gasteiger partial charge on any atom is 0.332 e. The van der Waals surface area contributed by atoms with Crippen molar-refractivity contribution in [3.05, 3.63) is 56.7 Å². The molecule has 0 N–H and O–H groups in total. The second-order valence-corrected chi connectivity index (χ2v) is 9.58. The highest BCUT2D eigenvalue weighted by Gasteiger charge is 2.28. The van der Waals surface area contributed by atoms with E-state index < -0.39 is 5.69 Å². The zero-order valence-corrected chi connectivity index (χ0v) is 19.9. The number of nitrogens with zero attached hydrogens (tertiary/aromatic N) is 6. The first-order valence-electron chi connectivity index (χ1n) is 12.2. The van der Waals surface area contributed by atoms with Gasteiger partial charge in [-0.05, 0) is 24.3 Å². The number of amides is 1. The van der Waals surface area contributed by atoms with Gasteiger partial charge in [-0.25, -0.2) is 4.79 Å². The van der Waals surface area contributed by atoms with Crippen LogP contribution in [0.15, 0.2) is 39.9 Å². The second kappa shape index (κ2) is 9.12. The molecule has 0 spiro atoms. The van der Waals surface area contributed by atoms with Crippen LogP contribution in [0.2, 0.25) is 0 Å². The van der Waals surface area contributed by atoms with Gasteiger partial charge < -0.3 is 9.80 Å². The van der Waals surface area contributed by atoms with Crippen molar-refractivity contribution in [1.29, 1.82) is 0 Å². The van der Waals surface area contributed by atoms with Crippen LogP contribution >= 0.6 is 0 Å². The predicted molar refractivity (Wildman–Crippen MR) is 131 cm³/mol. The Labute approximate surface area is 198 Å². The van der Waals surface area contributed by atoms with Crippen LogP contribution in [-0.2, 0) is 25.4 Å². The third kappa shape index (κ3) is 4.03. The van der Waals surface area contributed by atoms with E-state index in [0.29, 0.717) is 62.2 Å². The number of carbonyl (C=O) groups is 1. The zero-order valence-electron chi connectivity index (χ0n) is 19.9. The minimum atomic E-state index is -0.393. The Morgan fingerprint density at radius 1 is 0.971 bits per heavy atom. The Morgan fingerprint density at radius 2 is 1.65 bits per heavy atom. The summed E-state index contributed by atoms with van der Waals surface area (Å²) in [5, 5.41) is 0. The molecule has 34 heavy (non-hydrogen) atoms. The van der Waals surface area contributed by atoms with Gasteiger partial charge in [0.15, 0.2) is 11.2 Å². The van der Waals surface area contributed by atoms with Crippen molar-refractivity contribution in [1.82, 2.24) is 23.6 Å². The molecule has 0 unspecified atom stereocenters. The van der Waals surface area contributed by atoms with E-state index in [4.69, 9.17) is 4.98 Å². The molecular weight excluding hydrogens is 432 g/mol. The number of carbonyl (C=O) groups excluding carboxylic acids is 1. The van der Waals surface area contributed by atoms with Crippen molar-refractivity contribution in [3.8, 4) is 0 Å². The zero-order chi connectivity index (χ0) is 23.8. The fraction of sp³-hybridized carbons (Fsp3) is 0.520. The van der Waals surface area contributed by atoms with Crippen molar-refractivity contribution in [3.63, 3.8) is 0 Å². The normalized spacial score (nSPS) is 17.1. The molecule has 2 aliphatic rings. The minimum Gasteiger partial charge on any atom is -0.339 e. The molecule has 9 heteroatoms. The maximum absolute atomic E-state index is 13.1. The quantitative estimate of drug-likeness (QED) is 0.574. The number of hydrogen-bond donors (Lipinski definition) is 0. The van der Waals surface area contributed by atoms with Crippen LogP contribution in [0.4, 0.5) is 5.95 Å². The fourth-order valence-corrected chi connectivity index (χ4v) is 5.34. The van der Waals surface area contributed by atoms with Gasteiger partial charge in [-0.2, -0.15) is 4.98 Å². The molecule has 1 aromatic carbocycles. The van der Waals surface area contributed by atoms with Gasteiger partial charge in [0.1, 0.15) is 0 Å². The van der Waals surface area contributed by atoms with E-state index in [9.17, 15) is 14.4 Å². The molecule has 0 radical (unpaired) electrons. The lowest BCUT2D eigenvalue weighted by Crippen LogP contribution is -2.49. The number of fused-ring (bicyclic) bond motifs is 1. The van der Waals surface area contributed by atoms with Crippen molar-refractivity contribution in [2.24, 2.45) is 20.0 Å². The number of aromatic nitrogens is 4. The van der Waals surface area contributed by atoms with Crippen LogP contribution in [-0.4, -0.2) is 55.7 Å². The third-order valence-electron chi connectivity index (χ3n) is 7.36. The summed E-state index contributed by atoms with van der Waals surface area (Å²) in [5.41, 5.74) is 1.11. The molecule has 180 valence electrons. The van der Waals surface area contributed by atoms with E-state index in [1.807, 2.05) is 39.8 Å². The van der Waals surface area contributed by atoms with E-state index in [1.165, 1.54) is 37.3 Å². The Kier molecular flexibility index (Phi) is 6.02. The Balaban J connectivity index is 1.46. The lowest BCUT2D eigenvalue weighted by atomic mass is 10.0. The van der Waals surface area contributed by atoms with Crippen LogP contribution in [0.5, 0.6) is 0 Å². The van der Waals surface area contributed by atoms with Gasteiger partial charge >= 0.3 is 5.69 Å². The van der Waals surface area contributed by atoms with E-state index >= 15 is 0 Å². The second-order valence-electron chi connectivity index (χ2n) is 9.58. The molecule has 2 fully saturated rings. The summed E-state index contributed by atoms with van der Waals surface area (Å²) in [5.74, 6) is 1.46. The van der Waals surface area contributed by atoms with Gasteiger partial charge in [-0.3, -0.25) is 23.3 Å². The van der Waals surface area contributed by atoms with Crippen molar-refractivity contribution >= 4 is 23.0 Å². The molecule has 3 aromatic rings. The Bertz CT molecular complexity index is 1310. The summed E-state index contributed by atoms with van der Waals surface area (Å²) >= 11 is 0. The average molecular weight is 465 g/mol. The Hall–Kier alpha value is -3.36. The topological polar surface area (TPSA) is 85.4 Å². The molecule has 1 aliphatic heterocycles. The number of piperazine rings is 1. The highest BCUT2D eigenvalue weighted by Crippen LogP contribution is 2.28. The number of anilines is 1. The van der Waals surface area contributed by atoms with Crippen LogP contribution in [0.1, 0.15) is 37.7 Å². The Morgan fingerprint density at radius 3 is 2.32 bits per heavy atom. The van der Waals surface area contributed by atoms with Crippen LogP contribution in [0, 0.1) is 5.92 Å². The first-order chi connectivity index (χ1) is 16.4. The van der Waals surface area contributed by atoms with E-state index in [1.54, 1.807) is 7.05 Å². The van der Waals surface area contributed by atoms with Gasteiger partial charge in [0.05, 0.1) is 6.54 Å². The minimum absolute atomic E-state index is 0.251. The molecule has 0 bridgehead atoms. The van der Waals surface area contributed by atoms with E-state index in [0.717, 1.165) is 10.1 Å². The van der Waals surface area contributed by atoms with Crippen molar-refractivity contribution in [2.75, 3.05) is 31.1 Å². The van der Waals surface area contributed by atoms with Crippen molar-refractivity contribution in [2.45, 2.75) is 38.6 Å². The van der Waals surface area contributed by atoms with E-state index in [2.05, 4.69) is 4.90 Å². The van der Waals surface area contributed by atoms with Crippen LogP contribution < -0.4 is 16.1 Å². The summed E-state index contributed by atoms with van der Waals surface area (Å²) < 4.78 is 4.49. The molecule has 0 atom stereocenters. The monoisotopic (exact) mass is 464 g/mol. The lowest BCUT2D eigenvalue weighted by Gasteiger charge is -2.36. The summed E-state index contributed by atoms with van der Waals surface area (Å²) in [6.07, 6.45) is 5.48. The molecular formula is C25H32N6O3. The molecule has 1 saturated carbocycles. The van der Waals surface area contributed by atoms with Crippen LogP contribution in [0.25, 0.3) is 11.2 Å². The highest BCUT2D eigenvalue weighted by atomic mass is 16.2. The van der Waals surface area contributed by atoms with Gasteiger partial charge in [-0.15, -0.1) is 0 Å². The first kappa shape index (κ1) is 22.4. The summed E-state index contributed by atoms with van der Waals surface area (Å²) in [7, 11) is 3.14. The summed E-state index contributed by atoms with van der Waals surface area (Å²) in [6.45, 7) is 3.03. The molecule has 1 amide bonds. The summed E-state index contributed by atoms with van der Waals surface area (Å²) in [4.78, 5) is 47.4. The fourth-order valence-electron chi connectivity index (χ4n) is 5.34. The molecule has 3 heterocycles. The highest BCUT2D eigenvalue weighted by molar-refractivity contribution is 5.77. The number of rotatable bonds is 5. The smallest absolute Gasteiger partial charge is 0.332 e.